The first kappa shape index (κ1) is 10.8. The van der Waals surface area contributed by atoms with Crippen LogP contribution in [0.2, 0.25) is 0 Å². The molecule has 0 bridgehead atoms. The third-order valence-electron chi connectivity index (χ3n) is 3.37. The molecule has 2 aromatic rings. The number of nitrogens with zero attached hydrogens (tertiary/aromatic N) is 1. The second-order valence-corrected chi connectivity index (χ2v) is 5.62. The lowest BCUT2D eigenvalue weighted by Gasteiger charge is -2.26. The lowest BCUT2D eigenvalue weighted by molar-refractivity contribution is 0.313. The summed E-state index contributed by atoms with van der Waals surface area (Å²) in [5.41, 5.74) is 11.1. The first-order chi connectivity index (χ1) is 8.24. The average Bonchev–Trinajstić information content (AvgIpc) is 2.81. The van der Waals surface area contributed by atoms with Crippen molar-refractivity contribution < 1.29 is 0 Å². The second kappa shape index (κ2) is 4.17. The van der Waals surface area contributed by atoms with Crippen LogP contribution in [0.4, 0.5) is 5.69 Å². The summed E-state index contributed by atoms with van der Waals surface area (Å²) in [6, 6.07) is 8.66. The lowest BCUT2D eigenvalue weighted by Crippen LogP contribution is -2.27. The maximum atomic E-state index is 6.18. The van der Waals surface area contributed by atoms with Gasteiger partial charge in [-0.05, 0) is 53.7 Å². The first-order valence-corrected chi connectivity index (χ1v) is 6.75. The minimum Gasteiger partial charge on any atom is -0.398 e. The summed E-state index contributed by atoms with van der Waals surface area (Å²) in [6.07, 6.45) is 1.07. The Labute approximate surface area is 106 Å². The Morgan fingerprint density at radius 1 is 1.35 bits per heavy atom. The summed E-state index contributed by atoms with van der Waals surface area (Å²) in [5.74, 6) is 0. The Balaban J connectivity index is 2.09. The number of hydrogen-bond acceptors (Lipinski definition) is 3. The van der Waals surface area contributed by atoms with Gasteiger partial charge in [-0.25, -0.2) is 0 Å². The van der Waals surface area contributed by atoms with Crippen LogP contribution in [-0.4, -0.2) is 18.5 Å². The van der Waals surface area contributed by atoms with Crippen LogP contribution < -0.4 is 5.73 Å². The van der Waals surface area contributed by atoms with Crippen molar-refractivity contribution in [2.75, 3.05) is 19.3 Å². The van der Waals surface area contributed by atoms with Crippen LogP contribution in [-0.2, 0) is 13.0 Å². The molecule has 88 valence electrons. The van der Waals surface area contributed by atoms with Crippen molar-refractivity contribution in [1.82, 2.24) is 4.90 Å². The van der Waals surface area contributed by atoms with Gasteiger partial charge >= 0.3 is 0 Å². The van der Waals surface area contributed by atoms with E-state index in [0.717, 1.165) is 25.2 Å². The molecule has 0 saturated heterocycles. The molecule has 3 rings (SSSR count). The molecule has 0 atom stereocenters. The zero-order valence-electron chi connectivity index (χ0n) is 9.94. The molecule has 1 aromatic carbocycles. The van der Waals surface area contributed by atoms with Crippen molar-refractivity contribution in [1.29, 1.82) is 0 Å². The van der Waals surface area contributed by atoms with E-state index in [2.05, 4.69) is 41.6 Å². The fourth-order valence-corrected chi connectivity index (χ4v) is 3.17. The molecule has 2 nitrogen and oxygen atoms in total. The predicted molar refractivity (Wildman–Crippen MR) is 74.2 cm³/mol. The number of anilines is 1. The minimum atomic E-state index is 0.957. The van der Waals surface area contributed by atoms with Crippen LogP contribution >= 0.6 is 11.3 Å². The third-order valence-corrected chi connectivity index (χ3v) is 4.29. The molecule has 0 saturated carbocycles. The summed E-state index contributed by atoms with van der Waals surface area (Å²) >= 11 is 1.77. The molecule has 0 fully saturated rings. The minimum absolute atomic E-state index is 0.957. The summed E-state index contributed by atoms with van der Waals surface area (Å²) in [6.45, 7) is 2.12. The van der Waals surface area contributed by atoms with Crippen LogP contribution in [0.15, 0.2) is 29.6 Å². The highest BCUT2D eigenvalue weighted by atomic mass is 32.1. The maximum absolute atomic E-state index is 6.18. The summed E-state index contributed by atoms with van der Waals surface area (Å²) in [4.78, 5) is 3.65. The number of hydrogen-bond donors (Lipinski definition) is 1. The molecule has 3 heteroatoms. The molecule has 0 radical (unpaired) electrons. The Hall–Kier alpha value is -1.32. The lowest BCUT2D eigenvalue weighted by atomic mass is 9.95. The predicted octanol–water partition coefficient (Wildman–Crippen LogP) is 2.99. The topological polar surface area (TPSA) is 29.3 Å². The monoisotopic (exact) mass is 244 g/mol. The quantitative estimate of drug-likeness (QED) is 0.781. The molecule has 2 heterocycles. The zero-order valence-corrected chi connectivity index (χ0v) is 10.8. The Morgan fingerprint density at radius 2 is 2.24 bits per heavy atom. The van der Waals surface area contributed by atoms with E-state index >= 15 is 0 Å². The molecule has 17 heavy (non-hydrogen) atoms. The van der Waals surface area contributed by atoms with Crippen molar-refractivity contribution in [2.45, 2.75) is 13.0 Å². The van der Waals surface area contributed by atoms with E-state index in [0.29, 0.717) is 0 Å². The van der Waals surface area contributed by atoms with Crippen molar-refractivity contribution in [2.24, 2.45) is 0 Å². The van der Waals surface area contributed by atoms with E-state index < -0.39 is 0 Å². The van der Waals surface area contributed by atoms with Gasteiger partial charge in [0, 0.05) is 23.7 Å². The maximum Gasteiger partial charge on any atom is 0.0356 e. The van der Waals surface area contributed by atoms with Gasteiger partial charge in [-0.15, -0.1) is 11.3 Å². The number of nitrogen functional groups attached to an aromatic ring is 1. The van der Waals surface area contributed by atoms with E-state index in [1.54, 1.807) is 11.3 Å². The van der Waals surface area contributed by atoms with Crippen LogP contribution in [0.5, 0.6) is 0 Å². The molecule has 0 aliphatic carbocycles. The highest BCUT2D eigenvalue weighted by molar-refractivity contribution is 7.13. The van der Waals surface area contributed by atoms with Gasteiger partial charge in [0.2, 0.25) is 0 Å². The first-order valence-electron chi connectivity index (χ1n) is 5.88. The summed E-state index contributed by atoms with van der Waals surface area (Å²) in [7, 11) is 2.16. The number of benzene rings is 1. The van der Waals surface area contributed by atoms with E-state index in [-0.39, 0.29) is 0 Å². The fraction of sp³-hybridized carbons (Fsp3) is 0.286. The van der Waals surface area contributed by atoms with Gasteiger partial charge in [-0.2, -0.15) is 0 Å². The summed E-state index contributed by atoms with van der Waals surface area (Å²) < 4.78 is 0. The van der Waals surface area contributed by atoms with Gasteiger partial charge in [0.25, 0.3) is 0 Å². The molecule has 1 aliphatic heterocycles. The number of rotatable bonds is 1. The van der Waals surface area contributed by atoms with Crippen LogP contribution in [0.25, 0.3) is 10.4 Å². The summed E-state index contributed by atoms with van der Waals surface area (Å²) in [5, 5.41) is 2.11. The molecular weight excluding hydrogens is 228 g/mol. The van der Waals surface area contributed by atoms with Gasteiger partial charge in [-0.1, -0.05) is 6.07 Å². The standard InChI is InChI=1S/C14H16N2S/c1-16-5-4-12-11(9-16)7-10(8-13(12)15)14-3-2-6-17-14/h2-3,6-8H,4-5,9,15H2,1H3. The van der Waals surface area contributed by atoms with Gasteiger partial charge in [0.1, 0.15) is 0 Å². The normalized spacial score (nSPS) is 15.8. The fourth-order valence-electron chi connectivity index (χ4n) is 2.46. The van der Waals surface area contributed by atoms with Crippen LogP contribution in [0.1, 0.15) is 11.1 Å². The largest absolute Gasteiger partial charge is 0.398 e. The van der Waals surface area contributed by atoms with Gasteiger partial charge in [0.15, 0.2) is 0 Å². The van der Waals surface area contributed by atoms with E-state index in [9.17, 15) is 0 Å². The number of likely N-dealkylation sites (N-methyl/N-ethyl adjacent to an activating group) is 1. The Bertz CT molecular complexity index is 531. The smallest absolute Gasteiger partial charge is 0.0356 e. The van der Waals surface area contributed by atoms with Crippen molar-refractivity contribution in [3.8, 4) is 10.4 Å². The van der Waals surface area contributed by atoms with Gasteiger partial charge in [-0.3, -0.25) is 0 Å². The number of nitrogens with two attached hydrogens (primary N) is 1. The molecule has 0 amide bonds. The van der Waals surface area contributed by atoms with Crippen molar-refractivity contribution in [3.63, 3.8) is 0 Å². The third kappa shape index (κ3) is 1.96. The van der Waals surface area contributed by atoms with Crippen LogP contribution in [0, 0.1) is 0 Å². The van der Waals surface area contributed by atoms with E-state index in [1.807, 2.05) is 0 Å². The average molecular weight is 244 g/mol. The molecule has 0 unspecified atom stereocenters. The van der Waals surface area contributed by atoms with Crippen LogP contribution in [0.3, 0.4) is 0 Å². The molecule has 2 N–H and O–H groups in total. The molecule has 1 aromatic heterocycles. The van der Waals surface area contributed by atoms with Crippen molar-refractivity contribution >= 4 is 17.0 Å². The molecule has 0 spiro atoms. The highest BCUT2D eigenvalue weighted by Gasteiger charge is 2.16. The Morgan fingerprint density at radius 3 is 3.00 bits per heavy atom. The van der Waals surface area contributed by atoms with Crippen molar-refractivity contribution in [3.05, 3.63) is 40.8 Å². The number of thiophene rings is 1. The van der Waals surface area contributed by atoms with E-state index in [1.165, 1.54) is 21.6 Å². The van der Waals surface area contributed by atoms with Gasteiger partial charge in [0.05, 0.1) is 0 Å². The highest BCUT2D eigenvalue weighted by Crippen LogP contribution is 2.32. The van der Waals surface area contributed by atoms with E-state index in [4.69, 9.17) is 5.73 Å². The SMILES string of the molecule is CN1CCc2c(N)cc(-c3cccs3)cc2C1. The number of fused-ring (bicyclic) bond motifs is 1. The zero-order chi connectivity index (χ0) is 11.8. The molecule has 1 aliphatic rings. The second-order valence-electron chi connectivity index (χ2n) is 4.67. The molecular formula is C14H16N2S. The van der Waals surface area contributed by atoms with Gasteiger partial charge < -0.3 is 10.6 Å². The Kier molecular flexibility index (Phi) is 2.65.